The molecule has 0 aliphatic carbocycles. The van der Waals surface area contributed by atoms with Gasteiger partial charge >= 0.3 is 6.18 Å². The Balaban J connectivity index is 0.00000243. The van der Waals surface area contributed by atoms with Crippen LogP contribution in [0.5, 0.6) is 5.75 Å². The summed E-state index contributed by atoms with van der Waals surface area (Å²) in [6.45, 7) is 5.14. The first-order valence-electron chi connectivity index (χ1n) is 8.40. The van der Waals surface area contributed by atoms with E-state index < -0.39 is 11.7 Å². The average molecular weight is 391 g/mol. The Labute approximate surface area is 156 Å². The number of ether oxygens (including phenoxy) is 1. The van der Waals surface area contributed by atoms with Gasteiger partial charge in [-0.25, -0.2) is 0 Å². The summed E-state index contributed by atoms with van der Waals surface area (Å²) in [6.07, 6.45) is -0.452. The van der Waals surface area contributed by atoms with Gasteiger partial charge in [0.05, 0.1) is 11.1 Å². The van der Waals surface area contributed by atoms with Gasteiger partial charge in [0.15, 0.2) is 0 Å². The van der Waals surface area contributed by atoms with E-state index in [0.717, 1.165) is 37.9 Å². The summed E-state index contributed by atoms with van der Waals surface area (Å²) < 4.78 is 44.7. The smallest absolute Gasteiger partial charge is 0.416 e. The van der Waals surface area contributed by atoms with Crippen molar-refractivity contribution in [1.82, 2.24) is 10.2 Å². The van der Waals surface area contributed by atoms with Crippen molar-refractivity contribution < 1.29 is 22.7 Å². The van der Waals surface area contributed by atoms with Gasteiger partial charge in [0.2, 0.25) is 0 Å². The second kappa shape index (κ2) is 8.31. The first kappa shape index (κ1) is 20.6. The largest absolute Gasteiger partial charge is 0.489 e. The van der Waals surface area contributed by atoms with Crippen LogP contribution in [0.3, 0.4) is 0 Å². The molecule has 2 fully saturated rings. The van der Waals surface area contributed by atoms with Crippen LogP contribution < -0.4 is 10.1 Å². The third kappa shape index (κ3) is 4.15. The van der Waals surface area contributed by atoms with E-state index >= 15 is 0 Å². The Morgan fingerprint density at radius 1 is 1.31 bits per heavy atom. The monoisotopic (exact) mass is 390 g/mol. The Hall–Kier alpha value is -1.73. The van der Waals surface area contributed by atoms with E-state index in [2.05, 4.69) is 11.9 Å². The molecule has 1 aromatic rings. The maximum Gasteiger partial charge on any atom is 0.416 e. The molecule has 0 spiro atoms. The lowest BCUT2D eigenvalue weighted by Crippen LogP contribution is -2.42. The molecule has 1 amide bonds. The number of hydrogen-bond donors (Lipinski definition) is 1. The van der Waals surface area contributed by atoms with Crippen molar-refractivity contribution in [3.8, 4) is 5.75 Å². The number of rotatable bonds is 4. The van der Waals surface area contributed by atoms with Crippen LogP contribution in [0.1, 0.15) is 35.2 Å². The number of carbonyl (C=O) groups is 1. The quantitative estimate of drug-likeness (QED) is 0.798. The van der Waals surface area contributed by atoms with Gasteiger partial charge in [-0.3, -0.25) is 4.79 Å². The molecule has 8 heteroatoms. The fraction of sp³-hybridized carbons (Fsp3) is 0.500. The van der Waals surface area contributed by atoms with Crippen LogP contribution in [0.25, 0.3) is 0 Å². The molecule has 1 N–H and O–H groups in total. The predicted octanol–water partition coefficient (Wildman–Crippen LogP) is 3.66. The molecule has 2 aliphatic heterocycles. The number of nitrogens with zero attached hydrogens (tertiary/aromatic N) is 1. The van der Waals surface area contributed by atoms with Crippen molar-refractivity contribution in [3.63, 3.8) is 0 Å². The lowest BCUT2D eigenvalue weighted by molar-refractivity contribution is -0.137. The molecular weight excluding hydrogens is 369 g/mol. The number of fused-ring (bicyclic) bond motifs is 2. The summed E-state index contributed by atoms with van der Waals surface area (Å²) in [4.78, 5) is 14.8. The van der Waals surface area contributed by atoms with Crippen LogP contribution in [0.15, 0.2) is 30.9 Å². The highest BCUT2D eigenvalue weighted by Gasteiger charge is 2.40. The van der Waals surface area contributed by atoms with Crippen LogP contribution in [0, 0.1) is 0 Å². The van der Waals surface area contributed by atoms with Crippen molar-refractivity contribution >= 4 is 18.3 Å². The molecule has 2 bridgehead atoms. The number of hydrogen-bond acceptors (Lipinski definition) is 3. The van der Waals surface area contributed by atoms with Gasteiger partial charge in [0.25, 0.3) is 5.91 Å². The Morgan fingerprint density at radius 2 is 2.04 bits per heavy atom. The zero-order valence-electron chi connectivity index (χ0n) is 14.2. The van der Waals surface area contributed by atoms with E-state index in [1.165, 1.54) is 12.1 Å². The van der Waals surface area contributed by atoms with Crippen LogP contribution in [0.4, 0.5) is 13.2 Å². The Morgan fingerprint density at radius 3 is 2.73 bits per heavy atom. The molecule has 4 nitrogen and oxygen atoms in total. The second-order valence-corrected chi connectivity index (χ2v) is 6.40. The van der Waals surface area contributed by atoms with Crippen molar-refractivity contribution in [2.24, 2.45) is 0 Å². The minimum atomic E-state index is -4.51. The van der Waals surface area contributed by atoms with Gasteiger partial charge in [-0.2, -0.15) is 13.2 Å². The van der Waals surface area contributed by atoms with Crippen LogP contribution >= 0.6 is 12.4 Å². The zero-order chi connectivity index (χ0) is 18.0. The molecule has 2 aliphatic rings. The van der Waals surface area contributed by atoms with E-state index in [9.17, 15) is 18.0 Å². The van der Waals surface area contributed by atoms with Gasteiger partial charge in [-0.1, -0.05) is 12.7 Å². The fourth-order valence-electron chi connectivity index (χ4n) is 3.60. The molecule has 0 aromatic heterocycles. The summed E-state index contributed by atoms with van der Waals surface area (Å²) in [5.74, 6) is -0.226. The SMILES string of the molecule is C=CCOc1ccc(C(F)(F)F)cc1C(=O)N1C2CCNCC1CC2.Cl. The van der Waals surface area contributed by atoms with Gasteiger partial charge in [-0.05, 0) is 44.0 Å². The van der Waals surface area contributed by atoms with Gasteiger partial charge in [-0.15, -0.1) is 12.4 Å². The Bertz CT molecular complexity index is 652. The zero-order valence-corrected chi connectivity index (χ0v) is 15.0. The lowest BCUT2D eigenvalue weighted by Gasteiger charge is -2.29. The number of amides is 1. The van der Waals surface area contributed by atoms with Crippen molar-refractivity contribution in [1.29, 1.82) is 0 Å². The molecule has 26 heavy (non-hydrogen) atoms. The summed E-state index contributed by atoms with van der Waals surface area (Å²) in [6, 6.07) is 3.14. The van der Waals surface area contributed by atoms with Crippen molar-refractivity contribution in [3.05, 3.63) is 42.0 Å². The summed E-state index contributed by atoms with van der Waals surface area (Å²) in [5.41, 5.74) is -0.877. The van der Waals surface area contributed by atoms with Crippen LogP contribution in [-0.2, 0) is 6.18 Å². The van der Waals surface area contributed by atoms with Gasteiger partial charge in [0.1, 0.15) is 12.4 Å². The first-order chi connectivity index (χ1) is 11.9. The molecule has 144 valence electrons. The van der Waals surface area contributed by atoms with Crippen molar-refractivity contribution in [2.75, 3.05) is 19.7 Å². The third-order valence-corrected chi connectivity index (χ3v) is 4.78. The van der Waals surface area contributed by atoms with Gasteiger partial charge in [0, 0.05) is 18.6 Å². The average Bonchev–Trinajstić information content (AvgIpc) is 2.84. The van der Waals surface area contributed by atoms with E-state index in [-0.39, 0.29) is 48.3 Å². The molecule has 2 heterocycles. The maximum absolute atomic E-state index is 13.1. The molecule has 2 unspecified atom stereocenters. The molecular formula is C18H22ClF3N2O2. The molecule has 3 rings (SSSR count). The van der Waals surface area contributed by atoms with Crippen molar-refractivity contribution in [2.45, 2.75) is 37.5 Å². The normalized spacial score (nSPS) is 22.3. The highest BCUT2D eigenvalue weighted by atomic mass is 35.5. The van der Waals surface area contributed by atoms with E-state index in [1.54, 1.807) is 4.90 Å². The predicted molar refractivity (Wildman–Crippen MR) is 94.9 cm³/mol. The molecule has 0 radical (unpaired) electrons. The molecule has 2 atom stereocenters. The molecule has 0 saturated carbocycles. The first-order valence-corrected chi connectivity index (χ1v) is 8.40. The number of benzene rings is 1. The topological polar surface area (TPSA) is 41.6 Å². The van der Waals surface area contributed by atoms with Crippen LogP contribution in [-0.4, -0.2) is 42.6 Å². The van der Waals surface area contributed by atoms with E-state index in [0.29, 0.717) is 6.54 Å². The number of carbonyl (C=O) groups excluding carboxylic acids is 1. The molecule has 2 saturated heterocycles. The van der Waals surface area contributed by atoms with Gasteiger partial charge < -0.3 is 15.0 Å². The van der Waals surface area contributed by atoms with Crippen LogP contribution in [0.2, 0.25) is 0 Å². The Kier molecular flexibility index (Phi) is 6.58. The standard InChI is InChI=1S/C18H21F3N2O2.ClH/c1-2-9-25-16-6-3-12(18(19,20)21)10-15(16)17(24)23-13-4-5-14(23)11-22-8-7-13;/h2-3,6,10,13-14,22H,1,4-5,7-9,11H2;1H. The molecule has 1 aromatic carbocycles. The number of alkyl halides is 3. The van der Waals surface area contributed by atoms with E-state index in [1.807, 2.05) is 0 Å². The van der Waals surface area contributed by atoms with E-state index in [4.69, 9.17) is 4.74 Å². The number of halogens is 4. The minimum Gasteiger partial charge on any atom is -0.489 e. The fourth-order valence-corrected chi connectivity index (χ4v) is 3.60. The summed E-state index contributed by atoms with van der Waals surface area (Å²) >= 11 is 0. The maximum atomic E-state index is 13.1. The highest BCUT2D eigenvalue weighted by Crippen LogP contribution is 2.36. The highest BCUT2D eigenvalue weighted by molar-refractivity contribution is 5.97. The number of nitrogens with one attached hydrogen (secondary N) is 1. The lowest BCUT2D eigenvalue weighted by atomic mass is 10.1. The minimum absolute atomic E-state index is 0. The second-order valence-electron chi connectivity index (χ2n) is 6.40. The third-order valence-electron chi connectivity index (χ3n) is 4.78. The summed E-state index contributed by atoms with van der Waals surface area (Å²) in [5, 5.41) is 3.28. The summed E-state index contributed by atoms with van der Waals surface area (Å²) in [7, 11) is 0.